The molecule has 1 heterocycles. The van der Waals surface area contributed by atoms with Crippen LogP contribution >= 0.6 is 0 Å². The number of benzene rings is 2. The third-order valence-corrected chi connectivity index (χ3v) is 8.31. The molecule has 0 bridgehead atoms. The number of alkyl halides is 7. The molecular weight excluding hydrogens is 581 g/mol. The molecule has 1 saturated heterocycles. The van der Waals surface area contributed by atoms with Crippen molar-refractivity contribution in [3.8, 4) is 5.75 Å². The Kier molecular flexibility index (Phi) is 8.74. The van der Waals surface area contributed by atoms with Crippen molar-refractivity contribution in [3.63, 3.8) is 0 Å². The van der Waals surface area contributed by atoms with E-state index < -0.39 is 48.0 Å². The van der Waals surface area contributed by atoms with Crippen LogP contribution < -0.4 is 9.64 Å². The first-order valence-corrected chi connectivity index (χ1v) is 13.9. The Morgan fingerprint density at radius 1 is 1.07 bits per heavy atom. The molecule has 3 atom stereocenters. The summed E-state index contributed by atoms with van der Waals surface area (Å²) < 4.78 is 106. The Morgan fingerprint density at radius 3 is 2.21 bits per heavy atom. The zero-order valence-electron chi connectivity index (χ0n) is 24.8. The van der Waals surface area contributed by atoms with E-state index in [1.54, 1.807) is 19.2 Å². The molecule has 5 nitrogen and oxygen atoms in total. The first-order valence-electron chi connectivity index (χ1n) is 13.9. The maximum absolute atomic E-state index is 14.1. The number of halogens is 7. The van der Waals surface area contributed by atoms with Crippen LogP contribution in [0.5, 0.6) is 5.75 Å². The third kappa shape index (κ3) is 6.88. The number of methoxy groups -OCH3 is 1. The van der Waals surface area contributed by atoms with Crippen LogP contribution in [0.15, 0.2) is 42.0 Å². The number of cyclic esters (lactones) is 1. The molecule has 0 N–H and O–H groups in total. The van der Waals surface area contributed by atoms with Gasteiger partial charge in [-0.3, -0.25) is 4.90 Å². The van der Waals surface area contributed by atoms with Gasteiger partial charge >= 0.3 is 18.4 Å². The predicted octanol–water partition coefficient (Wildman–Crippen LogP) is 9.03. The molecule has 2 aliphatic rings. The Labute approximate surface area is 246 Å². The van der Waals surface area contributed by atoms with Crippen LogP contribution in [-0.2, 0) is 17.1 Å². The van der Waals surface area contributed by atoms with Crippen LogP contribution in [0.2, 0.25) is 0 Å². The van der Waals surface area contributed by atoms with Gasteiger partial charge in [-0.25, -0.2) is 9.18 Å². The maximum Gasteiger partial charge on any atom is 0.416 e. The average molecular weight is 617 g/mol. The molecule has 43 heavy (non-hydrogen) atoms. The van der Waals surface area contributed by atoms with Gasteiger partial charge in [-0.15, -0.1) is 0 Å². The van der Waals surface area contributed by atoms with Crippen molar-refractivity contribution in [2.75, 3.05) is 25.6 Å². The Morgan fingerprint density at radius 2 is 1.67 bits per heavy atom. The maximum atomic E-state index is 14.1. The van der Waals surface area contributed by atoms with Gasteiger partial charge in [-0.1, -0.05) is 13.8 Å². The first-order chi connectivity index (χ1) is 19.8. The summed E-state index contributed by atoms with van der Waals surface area (Å²) in [7, 11) is 3.14. The Bertz CT molecular complexity index is 1370. The second-order valence-corrected chi connectivity index (χ2v) is 12.0. The minimum absolute atomic E-state index is 0.0447. The van der Waals surface area contributed by atoms with Crippen molar-refractivity contribution >= 4 is 17.4 Å². The average Bonchev–Trinajstić information content (AvgIpc) is 3.19. The zero-order valence-corrected chi connectivity index (χ0v) is 24.8. The lowest BCUT2D eigenvalue weighted by atomic mass is 9.72. The number of hydrogen-bond acceptors (Lipinski definition) is 4. The molecule has 1 unspecified atom stereocenters. The molecule has 1 aliphatic carbocycles. The van der Waals surface area contributed by atoms with E-state index >= 15 is 0 Å². The molecule has 0 saturated carbocycles. The molecule has 1 amide bonds. The number of allylic oxidation sites excluding steroid dienone is 1. The monoisotopic (exact) mass is 616 g/mol. The minimum Gasteiger partial charge on any atom is -0.496 e. The molecule has 2 aromatic carbocycles. The van der Waals surface area contributed by atoms with Crippen LogP contribution in [0.1, 0.15) is 75.3 Å². The fraction of sp³-hybridized carbons (Fsp3) is 0.516. The van der Waals surface area contributed by atoms with E-state index in [0.717, 1.165) is 23.1 Å². The van der Waals surface area contributed by atoms with E-state index in [-0.39, 0.29) is 23.6 Å². The molecule has 2 aromatic rings. The van der Waals surface area contributed by atoms with Crippen molar-refractivity contribution in [1.82, 2.24) is 4.90 Å². The molecule has 0 spiro atoms. The van der Waals surface area contributed by atoms with Crippen LogP contribution in [0.25, 0.3) is 5.57 Å². The summed E-state index contributed by atoms with van der Waals surface area (Å²) in [6, 6.07) is 5.66. The minimum atomic E-state index is -5.03. The van der Waals surface area contributed by atoms with Gasteiger partial charge < -0.3 is 14.4 Å². The van der Waals surface area contributed by atoms with Crippen LogP contribution in [0.4, 0.5) is 41.2 Å². The van der Waals surface area contributed by atoms with E-state index in [2.05, 4.69) is 13.8 Å². The lowest BCUT2D eigenvalue weighted by Crippen LogP contribution is -2.35. The highest BCUT2D eigenvalue weighted by Gasteiger charge is 2.44. The Hall–Kier alpha value is -3.44. The quantitative estimate of drug-likeness (QED) is 0.230. The van der Waals surface area contributed by atoms with E-state index in [9.17, 15) is 35.5 Å². The van der Waals surface area contributed by atoms with Gasteiger partial charge in [0.25, 0.3) is 0 Å². The van der Waals surface area contributed by atoms with Crippen molar-refractivity contribution in [3.05, 3.63) is 64.2 Å². The SMILES string of the molecule is COc1ccc(N(C)C(C)F)cc1C1=C(CN2C(=O)O[C@H](c3cc(C(F)(F)F)cc(C(F)(F)F)c3)[C@@H]2C)CC(C)(C)CC1. The number of ether oxygens (including phenoxy) is 2. The van der Waals surface area contributed by atoms with Gasteiger partial charge in [0.05, 0.1) is 24.3 Å². The molecule has 12 heteroatoms. The number of carbonyl (C=O) groups excluding carboxylic acids is 1. The van der Waals surface area contributed by atoms with Crippen molar-refractivity contribution < 1.29 is 45.0 Å². The van der Waals surface area contributed by atoms with Crippen molar-refractivity contribution in [1.29, 1.82) is 0 Å². The zero-order chi connectivity index (χ0) is 32.1. The molecular formula is C31H35F7N2O3. The number of hydrogen-bond donors (Lipinski definition) is 0. The number of anilines is 1. The van der Waals surface area contributed by atoms with Gasteiger partial charge in [0.15, 0.2) is 6.30 Å². The highest BCUT2D eigenvalue weighted by Crippen LogP contribution is 2.47. The first kappa shape index (κ1) is 32.5. The summed E-state index contributed by atoms with van der Waals surface area (Å²) in [4.78, 5) is 15.9. The van der Waals surface area contributed by atoms with Crippen molar-refractivity contribution in [2.45, 2.75) is 77.8 Å². The van der Waals surface area contributed by atoms with Crippen LogP contribution in [0.3, 0.4) is 0 Å². The van der Waals surface area contributed by atoms with Gasteiger partial charge in [-0.2, -0.15) is 26.3 Å². The van der Waals surface area contributed by atoms with Gasteiger partial charge in [0.2, 0.25) is 0 Å². The van der Waals surface area contributed by atoms with E-state index in [0.29, 0.717) is 36.4 Å². The summed E-state index contributed by atoms with van der Waals surface area (Å²) in [5.41, 5.74) is -0.407. The van der Waals surface area contributed by atoms with E-state index in [1.807, 2.05) is 6.07 Å². The van der Waals surface area contributed by atoms with Crippen molar-refractivity contribution in [2.24, 2.45) is 5.41 Å². The molecule has 4 rings (SSSR count). The van der Waals surface area contributed by atoms with Gasteiger partial charge in [-0.05, 0) is 91.6 Å². The number of rotatable bonds is 7. The summed E-state index contributed by atoms with van der Waals surface area (Å²) in [5.74, 6) is 0.550. The normalized spacial score (nSPS) is 21.6. The standard InChI is InChI=1S/C31H35F7N2O3/c1-17-27(19-11-21(30(33,34)35)13-22(12-19)31(36,37)38)43-28(41)40(17)16-20-15-29(3,4)10-9-24(20)25-14-23(39(5)18(2)32)7-8-26(25)42-6/h7-8,11-14,17-18,27H,9-10,15-16H2,1-6H3/t17-,18?,27-/m0/s1. The van der Waals surface area contributed by atoms with E-state index in [4.69, 9.17) is 9.47 Å². The Balaban J connectivity index is 1.75. The topological polar surface area (TPSA) is 42.0 Å². The highest BCUT2D eigenvalue weighted by atomic mass is 19.4. The highest BCUT2D eigenvalue weighted by molar-refractivity contribution is 5.78. The lowest BCUT2D eigenvalue weighted by molar-refractivity contribution is -0.143. The molecule has 1 aliphatic heterocycles. The van der Waals surface area contributed by atoms with E-state index in [1.165, 1.54) is 30.8 Å². The second-order valence-electron chi connectivity index (χ2n) is 12.0. The number of carbonyl (C=O) groups is 1. The molecule has 0 aromatic heterocycles. The van der Waals surface area contributed by atoms with Crippen LogP contribution in [0, 0.1) is 5.41 Å². The predicted molar refractivity (Wildman–Crippen MR) is 148 cm³/mol. The summed E-state index contributed by atoms with van der Waals surface area (Å²) in [6.07, 6.45) is -11.5. The number of amides is 1. The lowest BCUT2D eigenvalue weighted by Gasteiger charge is -2.36. The summed E-state index contributed by atoms with van der Waals surface area (Å²) >= 11 is 0. The largest absolute Gasteiger partial charge is 0.496 e. The third-order valence-electron chi connectivity index (χ3n) is 8.31. The van der Waals surface area contributed by atoms with Gasteiger partial charge in [0.1, 0.15) is 11.9 Å². The fourth-order valence-electron chi connectivity index (χ4n) is 5.75. The fourth-order valence-corrected chi connectivity index (χ4v) is 5.75. The smallest absolute Gasteiger partial charge is 0.416 e. The van der Waals surface area contributed by atoms with Gasteiger partial charge in [0, 0.05) is 24.8 Å². The number of nitrogens with zero attached hydrogens (tertiary/aromatic N) is 2. The van der Waals surface area contributed by atoms with Crippen LogP contribution in [-0.4, -0.2) is 44.0 Å². The molecule has 1 fully saturated rings. The summed E-state index contributed by atoms with van der Waals surface area (Å²) in [6.45, 7) is 7.15. The second kappa shape index (κ2) is 11.6. The molecule has 0 radical (unpaired) electrons. The summed E-state index contributed by atoms with van der Waals surface area (Å²) in [5, 5.41) is 0. The molecule has 236 valence electrons.